The van der Waals surface area contributed by atoms with Crippen molar-refractivity contribution in [3.8, 4) is 5.75 Å². The van der Waals surface area contributed by atoms with E-state index >= 15 is 0 Å². The van der Waals surface area contributed by atoms with Crippen molar-refractivity contribution in [1.82, 2.24) is 10.6 Å². The van der Waals surface area contributed by atoms with Gasteiger partial charge in [-0.3, -0.25) is 4.79 Å². The lowest BCUT2D eigenvalue weighted by atomic mass is 9.91. The Labute approximate surface area is 125 Å². The molecule has 1 aromatic carbocycles. The summed E-state index contributed by atoms with van der Waals surface area (Å²) in [7, 11) is 1.63. The zero-order valence-corrected chi connectivity index (χ0v) is 12.8. The first kappa shape index (κ1) is 15.8. The van der Waals surface area contributed by atoms with Crippen LogP contribution in [0, 0.1) is 11.2 Å². The van der Waals surface area contributed by atoms with Crippen LogP contribution in [0.3, 0.4) is 0 Å². The highest BCUT2D eigenvalue weighted by atomic mass is 19.1. The summed E-state index contributed by atoms with van der Waals surface area (Å²) in [4.78, 5) is 11.8. The molecule has 2 N–H and O–H groups in total. The van der Waals surface area contributed by atoms with E-state index in [9.17, 15) is 9.18 Å². The summed E-state index contributed by atoms with van der Waals surface area (Å²) >= 11 is 0. The molecule has 0 radical (unpaired) electrons. The number of fused-ring (bicyclic) bond motifs is 1. The van der Waals surface area contributed by atoms with Gasteiger partial charge in [-0.1, -0.05) is 0 Å². The third kappa shape index (κ3) is 3.73. The molecule has 0 unspecified atom stereocenters. The molecule has 0 aromatic heterocycles. The molecule has 1 atom stereocenters. The number of benzene rings is 1. The van der Waals surface area contributed by atoms with Crippen molar-refractivity contribution in [3.05, 3.63) is 29.6 Å². The fourth-order valence-corrected chi connectivity index (χ4v) is 2.56. The Balaban J connectivity index is 2.14. The Bertz CT molecular complexity index is 517. The van der Waals surface area contributed by atoms with E-state index in [2.05, 4.69) is 10.6 Å². The molecule has 1 heterocycles. The molecule has 4 nitrogen and oxygen atoms in total. The number of ether oxygens (including phenoxy) is 1. The Hall–Kier alpha value is -1.62. The molecule has 0 fully saturated rings. The van der Waals surface area contributed by atoms with Crippen molar-refractivity contribution >= 4 is 5.91 Å². The molecule has 0 saturated carbocycles. The van der Waals surface area contributed by atoms with Crippen molar-refractivity contribution < 1.29 is 13.9 Å². The van der Waals surface area contributed by atoms with Gasteiger partial charge < -0.3 is 15.4 Å². The summed E-state index contributed by atoms with van der Waals surface area (Å²) in [5, 5.41) is 6.06. The lowest BCUT2D eigenvalue weighted by Crippen LogP contribution is -2.43. The Morgan fingerprint density at radius 2 is 2.24 bits per heavy atom. The minimum Gasteiger partial charge on any atom is -0.493 e. The zero-order chi connectivity index (χ0) is 15.5. The molecular formula is C16H23FN2O2. The van der Waals surface area contributed by atoms with Crippen LogP contribution in [0.5, 0.6) is 5.75 Å². The molecular weight excluding hydrogens is 271 g/mol. The van der Waals surface area contributed by atoms with E-state index < -0.39 is 5.41 Å². The standard InChI is InChI=1S/C16H23FN2O2/c1-16(2,15(20)18-3)10-19-13-5-4-8-21-14-7-6-11(17)9-12(13)14/h6-7,9,13,19H,4-5,8,10H2,1-3H3,(H,18,20)/t13-/m0/s1. The van der Waals surface area contributed by atoms with Gasteiger partial charge in [0.1, 0.15) is 11.6 Å². The van der Waals surface area contributed by atoms with Crippen LogP contribution in [0.4, 0.5) is 4.39 Å². The van der Waals surface area contributed by atoms with E-state index in [1.54, 1.807) is 13.1 Å². The number of halogens is 1. The molecule has 0 spiro atoms. The minimum absolute atomic E-state index is 0.00197. The van der Waals surface area contributed by atoms with E-state index in [1.807, 2.05) is 13.8 Å². The monoisotopic (exact) mass is 294 g/mol. The number of amides is 1. The van der Waals surface area contributed by atoms with E-state index in [-0.39, 0.29) is 17.8 Å². The molecule has 2 rings (SSSR count). The van der Waals surface area contributed by atoms with Crippen molar-refractivity contribution in [2.45, 2.75) is 32.7 Å². The average molecular weight is 294 g/mol. The molecule has 21 heavy (non-hydrogen) atoms. The summed E-state index contributed by atoms with van der Waals surface area (Å²) in [5.74, 6) is 0.445. The largest absolute Gasteiger partial charge is 0.493 e. The molecule has 1 amide bonds. The second-order valence-electron chi connectivity index (χ2n) is 6.07. The van der Waals surface area contributed by atoms with E-state index in [1.165, 1.54) is 12.1 Å². The Morgan fingerprint density at radius 1 is 1.48 bits per heavy atom. The molecule has 5 heteroatoms. The third-order valence-corrected chi connectivity index (χ3v) is 3.87. The normalized spacial score (nSPS) is 18.4. The number of carbonyl (C=O) groups excluding carboxylic acids is 1. The minimum atomic E-state index is -0.518. The Kier molecular flexibility index (Phi) is 4.83. The maximum atomic E-state index is 13.5. The fourth-order valence-electron chi connectivity index (χ4n) is 2.56. The van der Waals surface area contributed by atoms with Crippen LogP contribution in [0.25, 0.3) is 0 Å². The molecule has 116 valence electrons. The molecule has 0 bridgehead atoms. The van der Waals surface area contributed by atoms with Crippen LogP contribution in [-0.2, 0) is 4.79 Å². The van der Waals surface area contributed by atoms with Gasteiger partial charge in [0.25, 0.3) is 0 Å². The summed E-state index contributed by atoms with van der Waals surface area (Å²) in [6.07, 6.45) is 1.76. The predicted molar refractivity (Wildman–Crippen MR) is 79.7 cm³/mol. The fraction of sp³-hybridized carbons (Fsp3) is 0.562. The van der Waals surface area contributed by atoms with E-state index in [0.717, 1.165) is 24.2 Å². The van der Waals surface area contributed by atoms with Crippen LogP contribution in [0.15, 0.2) is 18.2 Å². The van der Waals surface area contributed by atoms with Gasteiger partial charge in [0.15, 0.2) is 0 Å². The molecule has 1 aromatic rings. The van der Waals surface area contributed by atoms with Gasteiger partial charge in [0.2, 0.25) is 5.91 Å². The van der Waals surface area contributed by atoms with Gasteiger partial charge in [-0.25, -0.2) is 4.39 Å². The second kappa shape index (κ2) is 6.43. The summed E-state index contributed by atoms with van der Waals surface area (Å²) in [6, 6.07) is 4.61. The summed E-state index contributed by atoms with van der Waals surface area (Å²) in [5.41, 5.74) is 0.315. The van der Waals surface area contributed by atoms with Crippen molar-refractivity contribution in [1.29, 1.82) is 0 Å². The summed E-state index contributed by atoms with van der Waals surface area (Å²) in [6.45, 7) is 4.93. The highest BCUT2D eigenvalue weighted by Gasteiger charge is 2.29. The quantitative estimate of drug-likeness (QED) is 0.896. The van der Waals surface area contributed by atoms with Gasteiger partial charge in [0, 0.05) is 25.2 Å². The van der Waals surface area contributed by atoms with E-state index in [4.69, 9.17) is 4.74 Å². The van der Waals surface area contributed by atoms with Gasteiger partial charge >= 0.3 is 0 Å². The van der Waals surface area contributed by atoms with Gasteiger partial charge in [-0.15, -0.1) is 0 Å². The van der Waals surface area contributed by atoms with E-state index in [0.29, 0.717) is 13.2 Å². The molecule has 1 aliphatic rings. The average Bonchev–Trinajstić information content (AvgIpc) is 2.66. The first-order valence-electron chi connectivity index (χ1n) is 7.32. The number of nitrogens with one attached hydrogen (secondary N) is 2. The lowest BCUT2D eigenvalue weighted by molar-refractivity contribution is -0.128. The topological polar surface area (TPSA) is 50.4 Å². The molecule has 1 aliphatic heterocycles. The van der Waals surface area contributed by atoms with Gasteiger partial charge in [0.05, 0.1) is 12.0 Å². The van der Waals surface area contributed by atoms with Gasteiger partial charge in [-0.05, 0) is 44.9 Å². The number of hydrogen-bond acceptors (Lipinski definition) is 3. The maximum absolute atomic E-state index is 13.5. The molecule has 0 aliphatic carbocycles. The lowest BCUT2D eigenvalue weighted by Gasteiger charge is -2.27. The Morgan fingerprint density at radius 3 is 2.95 bits per heavy atom. The van der Waals surface area contributed by atoms with Crippen LogP contribution in [0.1, 0.15) is 38.3 Å². The van der Waals surface area contributed by atoms with Crippen molar-refractivity contribution in [2.24, 2.45) is 5.41 Å². The predicted octanol–water partition coefficient (Wildman–Crippen LogP) is 2.40. The third-order valence-electron chi connectivity index (χ3n) is 3.87. The van der Waals surface area contributed by atoms with Crippen molar-refractivity contribution in [3.63, 3.8) is 0 Å². The van der Waals surface area contributed by atoms with Crippen LogP contribution in [0.2, 0.25) is 0 Å². The highest BCUT2D eigenvalue weighted by molar-refractivity contribution is 5.81. The smallest absolute Gasteiger partial charge is 0.226 e. The molecule has 0 saturated heterocycles. The van der Waals surface area contributed by atoms with Crippen LogP contribution in [-0.4, -0.2) is 26.1 Å². The SMILES string of the molecule is CNC(=O)C(C)(C)CN[C@H]1CCCOc2ccc(F)cc21. The number of carbonyl (C=O) groups is 1. The van der Waals surface area contributed by atoms with Gasteiger partial charge in [-0.2, -0.15) is 0 Å². The second-order valence-corrected chi connectivity index (χ2v) is 6.07. The highest BCUT2D eigenvalue weighted by Crippen LogP contribution is 2.32. The zero-order valence-electron chi connectivity index (χ0n) is 12.8. The number of rotatable bonds is 4. The summed E-state index contributed by atoms with van der Waals surface area (Å²) < 4.78 is 19.2. The van der Waals surface area contributed by atoms with Crippen LogP contribution >= 0.6 is 0 Å². The number of hydrogen-bond donors (Lipinski definition) is 2. The first-order chi connectivity index (χ1) is 9.94. The van der Waals surface area contributed by atoms with Crippen LogP contribution < -0.4 is 15.4 Å². The van der Waals surface area contributed by atoms with Crippen molar-refractivity contribution in [2.75, 3.05) is 20.2 Å². The maximum Gasteiger partial charge on any atom is 0.226 e. The first-order valence-corrected chi connectivity index (χ1v) is 7.32.